The van der Waals surface area contributed by atoms with Crippen molar-refractivity contribution in [1.82, 2.24) is 9.88 Å². The highest BCUT2D eigenvalue weighted by Crippen LogP contribution is 2.21. The fourth-order valence-corrected chi connectivity index (χ4v) is 2.71. The summed E-state index contributed by atoms with van der Waals surface area (Å²) < 4.78 is 5.74. The Morgan fingerprint density at radius 3 is 2.50 bits per heavy atom. The van der Waals surface area contributed by atoms with Crippen LogP contribution in [0.4, 0.5) is 5.69 Å². The zero-order chi connectivity index (χ0) is 19.9. The van der Waals surface area contributed by atoms with Gasteiger partial charge >= 0.3 is 0 Å². The number of carbonyl (C=O) groups is 2. The van der Waals surface area contributed by atoms with Gasteiger partial charge in [0.2, 0.25) is 11.8 Å². The van der Waals surface area contributed by atoms with Gasteiger partial charge in [-0.1, -0.05) is 48.0 Å². The number of anilines is 1. The van der Waals surface area contributed by atoms with Gasteiger partial charge in [-0.15, -0.1) is 0 Å². The van der Waals surface area contributed by atoms with Gasteiger partial charge in [-0.05, 0) is 19.1 Å². The molecule has 6 nitrogen and oxygen atoms in total. The number of para-hydroxylation sites is 1. The molecular weight excluding hydrogens is 354 g/mol. The molecule has 0 bridgehead atoms. The molecule has 0 spiro atoms. The Morgan fingerprint density at radius 1 is 1.07 bits per heavy atom. The van der Waals surface area contributed by atoms with E-state index in [0.29, 0.717) is 23.8 Å². The second kappa shape index (κ2) is 8.99. The van der Waals surface area contributed by atoms with E-state index in [0.717, 1.165) is 5.56 Å². The van der Waals surface area contributed by atoms with Crippen molar-refractivity contribution in [3.63, 3.8) is 0 Å². The Hall–Kier alpha value is -3.41. The number of carbonyl (C=O) groups excluding carboxylic acids is 2. The third kappa shape index (κ3) is 5.30. The molecule has 0 fully saturated rings. The maximum atomic E-state index is 12.3. The Kier molecular flexibility index (Phi) is 6.22. The summed E-state index contributed by atoms with van der Waals surface area (Å²) in [6.45, 7) is 2.02. The largest absolute Gasteiger partial charge is 0.441 e. The SMILES string of the molecule is Cc1ccc(-c2cnc(CCC(=O)N(C)CC(=O)Nc3ccccc3)o2)cc1. The molecule has 0 saturated carbocycles. The fourth-order valence-electron chi connectivity index (χ4n) is 2.71. The number of hydrogen-bond donors (Lipinski definition) is 1. The lowest BCUT2D eigenvalue weighted by Crippen LogP contribution is -2.35. The van der Waals surface area contributed by atoms with Gasteiger partial charge in [-0.2, -0.15) is 0 Å². The van der Waals surface area contributed by atoms with Gasteiger partial charge < -0.3 is 14.6 Å². The van der Waals surface area contributed by atoms with Gasteiger partial charge in [0.05, 0.1) is 12.7 Å². The molecule has 2 amide bonds. The minimum absolute atomic E-state index is 0.00602. The second-order valence-electron chi connectivity index (χ2n) is 6.65. The lowest BCUT2D eigenvalue weighted by molar-refractivity contribution is -0.133. The van der Waals surface area contributed by atoms with Gasteiger partial charge in [0.15, 0.2) is 11.7 Å². The molecule has 3 aromatic rings. The van der Waals surface area contributed by atoms with Gasteiger partial charge in [0.25, 0.3) is 0 Å². The first kappa shape index (κ1) is 19.4. The highest BCUT2D eigenvalue weighted by molar-refractivity contribution is 5.94. The number of hydrogen-bond acceptors (Lipinski definition) is 4. The predicted molar refractivity (Wildman–Crippen MR) is 108 cm³/mol. The predicted octanol–water partition coefficient (Wildman–Crippen LogP) is 3.68. The normalized spacial score (nSPS) is 10.5. The standard InChI is InChI=1S/C22H23N3O3/c1-16-8-10-17(11-9-16)19-14-23-21(28-19)12-13-22(27)25(2)15-20(26)24-18-6-4-3-5-7-18/h3-11,14H,12-13,15H2,1-2H3,(H,24,26). The summed E-state index contributed by atoms with van der Waals surface area (Å²) in [5, 5.41) is 2.76. The monoisotopic (exact) mass is 377 g/mol. The smallest absolute Gasteiger partial charge is 0.243 e. The highest BCUT2D eigenvalue weighted by Gasteiger charge is 2.15. The van der Waals surface area contributed by atoms with E-state index in [1.165, 1.54) is 10.5 Å². The number of nitrogens with one attached hydrogen (secondary N) is 1. The third-order valence-electron chi connectivity index (χ3n) is 4.31. The number of aromatic nitrogens is 1. The quantitative estimate of drug-likeness (QED) is 0.681. The highest BCUT2D eigenvalue weighted by atomic mass is 16.4. The van der Waals surface area contributed by atoms with Crippen LogP contribution in [-0.4, -0.2) is 35.3 Å². The second-order valence-corrected chi connectivity index (χ2v) is 6.65. The van der Waals surface area contributed by atoms with Crippen molar-refractivity contribution in [1.29, 1.82) is 0 Å². The molecule has 1 N–H and O–H groups in total. The molecule has 0 aliphatic carbocycles. The van der Waals surface area contributed by atoms with Gasteiger partial charge in [0, 0.05) is 31.1 Å². The van der Waals surface area contributed by atoms with Crippen molar-refractivity contribution >= 4 is 17.5 Å². The van der Waals surface area contributed by atoms with E-state index in [4.69, 9.17) is 4.42 Å². The number of rotatable bonds is 7. The molecule has 0 aliphatic heterocycles. The molecule has 0 radical (unpaired) electrons. The molecule has 0 unspecified atom stereocenters. The molecule has 1 aromatic heterocycles. The first-order valence-corrected chi connectivity index (χ1v) is 9.12. The van der Waals surface area contributed by atoms with Crippen molar-refractivity contribution in [2.45, 2.75) is 19.8 Å². The minimum atomic E-state index is -0.236. The van der Waals surface area contributed by atoms with Gasteiger partial charge in [0.1, 0.15) is 0 Å². The Bertz CT molecular complexity index is 933. The summed E-state index contributed by atoms with van der Waals surface area (Å²) in [5.74, 6) is 0.808. The molecule has 2 aromatic carbocycles. The summed E-state index contributed by atoms with van der Waals surface area (Å²) in [4.78, 5) is 30.0. The summed E-state index contributed by atoms with van der Waals surface area (Å²) >= 11 is 0. The van der Waals surface area contributed by atoms with Gasteiger partial charge in [-0.3, -0.25) is 9.59 Å². The van der Waals surface area contributed by atoms with Crippen LogP contribution in [0.5, 0.6) is 0 Å². The van der Waals surface area contributed by atoms with Crippen LogP contribution < -0.4 is 5.32 Å². The molecule has 144 valence electrons. The lowest BCUT2D eigenvalue weighted by Gasteiger charge is -2.16. The van der Waals surface area contributed by atoms with Crippen LogP contribution in [0.3, 0.4) is 0 Å². The average molecular weight is 377 g/mol. The number of nitrogens with zero attached hydrogens (tertiary/aromatic N) is 2. The zero-order valence-corrected chi connectivity index (χ0v) is 16.0. The lowest BCUT2D eigenvalue weighted by atomic mass is 10.1. The van der Waals surface area contributed by atoms with E-state index in [1.54, 1.807) is 25.4 Å². The van der Waals surface area contributed by atoms with Crippen LogP contribution in [0.15, 0.2) is 65.2 Å². The number of benzene rings is 2. The number of aryl methyl sites for hydroxylation is 2. The first-order valence-electron chi connectivity index (χ1n) is 9.12. The van der Waals surface area contributed by atoms with Crippen molar-refractivity contribution < 1.29 is 14.0 Å². The van der Waals surface area contributed by atoms with Crippen LogP contribution in [0.25, 0.3) is 11.3 Å². The molecule has 3 rings (SSSR count). The number of amides is 2. The Labute approximate surface area is 164 Å². The third-order valence-corrected chi connectivity index (χ3v) is 4.31. The zero-order valence-electron chi connectivity index (χ0n) is 16.0. The Morgan fingerprint density at radius 2 is 1.79 bits per heavy atom. The summed E-state index contributed by atoms with van der Waals surface area (Å²) in [6.07, 6.45) is 2.28. The fraction of sp³-hybridized carbons (Fsp3) is 0.227. The molecule has 1 heterocycles. The van der Waals surface area contributed by atoms with Crippen LogP contribution in [0.1, 0.15) is 17.9 Å². The average Bonchev–Trinajstić information content (AvgIpc) is 3.16. The summed E-state index contributed by atoms with van der Waals surface area (Å²) in [5.41, 5.74) is 2.83. The van der Waals surface area contributed by atoms with Crippen LogP contribution in [-0.2, 0) is 16.0 Å². The molecule has 0 saturated heterocycles. The van der Waals surface area contributed by atoms with E-state index in [-0.39, 0.29) is 24.8 Å². The maximum Gasteiger partial charge on any atom is 0.243 e. The minimum Gasteiger partial charge on any atom is -0.441 e. The van der Waals surface area contributed by atoms with Crippen LogP contribution in [0.2, 0.25) is 0 Å². The molecule has 6 heteroatoms. The van der Waals surface area contributed by atoms with E-state index in [1.807, 2.05) is 49.4 Å². The molecule has 0 aliphatic rings. The summed E-state index contributed by atoms with van der Waals surface area (Å²) in [7, 11) is 1.61. The van der Waals surface area contributed by atoms with E-state index in [9.17, 15) is 9.59 Å². The molecular formula is C22H23N3O3. The Balaban J connectivity index is 1.48. The van der Waals surface area contributed by atoms with Crippen LogP contribution in [0, 0.1) is 6.92 Å². The summed E-state index contributed by atoms with van der Waals surface area (Å²) in [6, 6.07) is 17.1. The van der Waals surface area contributed by atoms with E-state index >= 15 is 0 Å². The van der Waals surface area contributed by atoms with Crippen molar-refractivity contribution in [3.8, 4) is 11.3 Å². The maximum absolute atomic E-state index is 12.3. The van der Waals surface area contributed by atoms with Gasteiger partial charge in [-0.25, -0.2) is 4.98 Å². The van der Waals surface area contributed by atoms with Crippen molar-refractivity contribution in [2.24, 2.45) is 0 Å². The molecule has 0 atom stereocenters. The first-order chi connectivity index (χ1) is 13.5. The van der Waals surface area contributed by atoms with Crippen molar-refractivity contribution in [3.05, 3.63) is 72.2 Å². The van der Waals surface area contributed by atoms with Crippen molar-refractivity contribution in [2.75, 3.05) is 18.9 Å². The van der Waals surface area contributed by atoms with E-state index < -0.39 is 0 Å². The van der Waals surface area contributed by atoms with Crippen LogP contribution >= 0.6 is 0 Å². The topological polar surface area (TPSA) is 75.4 Å². The molecule has 28 heavy (non-hydrogen) atoms. The van der Waals surface area contributed by atoms with E-state index in [2.05, 4.69) is 10.3 Å². The number of likely N-dealkylation sites (N-methyl/N-ethyl adjacent to an activating group) is 1. The number of oxazole rings is 1.